The van der Waals surface area contributed by atoms with Crippen LogP contribution in [0.25, 0.3) is 17.4 Å². The molecule has 2 heterocycles. The second-order valence-electron chi connectivity index (χ2n) is 6.81. The van der Waals surface area contributed by atoms with E-state index in [-0.39, 0.29) is 11.3 Å². The highest BCUT2D eigenvalue weighted by atomic mass is 35.5. The molecule has 0 unspecified atom stereocenters. The number of halogens is 2. The summed E-state index contributed by atoms with van der Waals surface area (Å²) in [5.74, 6) is -0.762. The first kappa shape index (κ1) is 20.9. The number of carbonyl (C=O) groups is 3. The second kappa shape index (κ2) is 8.41. The summed E-state index contributed by atoms with van der Waals surface area (Å²) >= 11 is 12.0. The number of barbiturate groups is 1. The summed E-state index contributed by atoms with van der Waals surface area (Å²) in [6, 6.07) is 14.5. The zero-order valence-electron chi connectivity index (χ0n) is 16.3. The van der Waals surface area contributed by atoms with Crippen LogP contribution in [0.2, 0.25) is 10.0 Å². The molecule has 1 fully saturated rings. The van der Waals surface area contributed by atoms with Gasteiger partial charge in [-0.05, 0) is 60.5 Å². The van der Waals surface area contributed by atoms with Gasteiger partial charge in [0.05, 0.1) is 15.7 Å². The van der Waals surface area contributed by atoms with Crippen molar-refractivity contribution in [2.75, 3.05) is 4.90 Å². The molecule has 1 aliphatic heterocycles. The number of nitrogens with zero attached hydrogens (tertiary/aromatic N) is 1. The number of benzene rings is 2. The van der Waals surface area contributed by atoms with Gasteiger partial charge in [-0.1, -0.05) is 42.3 Å². The summed E-state index contributed by atoms with van der Waals surface area (Å²) in [6.07, 6.45) is 2.13. The SMILES string of the molecule is CCc1ccc(N2C(=O)NC(=O)/C(=C\c3ccc(-c4ccc(Cl)c(Cl)c4)o3)C2=O)cc1. The number of anilines is 1. The van der Waals surface area contributed by atoms with Crippen LogP contribution in [0.4, 0.5) is 10.5 Å². The smallest absolute Gasteiger partial charge is 0.335 e. The Hall–Kier alpha value is -3.35. The molecule has 8 heteroatoms. The van der Waals surface area contributed by atoms with E-state index in [1.165, 1.54) is 6.08 Å². The molecule has 4 amide bonds. The number of carbonyl (C=O) groups excluding carboxylic acids is 3. The van der Waals surface area contributed by atoms with Crippen molar-refractivity contribution in [1.29, 1.82) is 0 Å². The van der Waals surface area contributed by atoms with Crippen LogP contribution in [0, 0.1) is 0 Å². The van der Waals surface area contributed by atoms with Gasteiger partial charge in [-0.3, -0.25) is 14.9 Å². The number of imide groups is 2. The third kappa shape index (κ3) is 4.13. The van der Waals surface area contributed by atoms with Gasteiger partial charge in [-0.15, -0.1) is 0 Å². The van der Waals surface area contributed by atoms with Crippen molar-refractivity contribution < 1.29 is 18.8 Å². The van der Waals surface area contributed by atoms with Gasteiger partial charge in [0.1, 0.15) is 17.1 Å². The van der Waals surface area contributed by atoms with E-state index in [2.05, 4.69) is 5.32 Å². The normalized spacial score (nSPS) is 15.5. The lowest BCUT2D eigenvalue weighted by atomic mass is 10.1. The second-order valence-corrected chi connectivity index (χ2v) is 7.62. The van der Waals surface area contributed by atoms with Crippen molar-refractivity contribution in [1.82, 2.24) is 5.32 Å². The number of hydrogen-bond donors (Lipinski definition) is 1. The molecule has 0 radical (unpaired) electrons. The summed E-state index contributed by atoms with van der Waals surface area (Å²) in [7, 11) is 0. The zero-order chi connectivity index (χ0) is 22.1. The molecule has 156 valence electrons. The Bertz CT molecular complexity index is 1230. The average molecular weight is 455 g/mol. The lowest BCUT2D eigenvalue weighted by Crippen LogP contribution is -2.54. The number of urea groups is 1. The summed E-state index contributed by atoms with van der Waals surface area (Å²) in [6.45, 7) is 2.00. The van der Waals surface area contributed by atoms with Crippen LogP contribution in [0.15, 0.2) is 64.6 Å². The van der Waals surface area contributed by atoms with Gasteiger partial charge in [-0.25, -0.2) is 9.69 Å². The zero-order valence-corrected chi connectivity index (χ0v) is 17.8. The highest BCUT2D eigenvalue weighted by molar-refractivity contribution is 6.42. The molecule has 0 saturated carbocycles. The fourth-order valence-corrected chi connectivity index (χ4v) is 3.45. The van der Waals surface area contributed by atoms with Crippen LogP contribution in [-0.2, 0) is 16.0 Å². The van der Waals surface area contributed by atoms with Crippen molar-refractivity contribution in [3.05, 3.63) is 81.5 Å². The van der Waals surface area contributed by atoms with Crippen molar-refractivity contribution in [3.63, 3.8) is 0 Å². The van der Waals surface area contributed by atoms with Gasteiger partial charge in [0.15, 0.2) is 0 Å². The molecule has 6 nitrogen and oxygen atoms in total. The van der Waals surface area contributed by atoms with E-state index in [4.69, 9.17) is 27.6 Å². The number of rotatable bonds is 4. The van der Waals surface area contributed by atoms with E-state index >= 15 is 0 Å². The fourth-order valence-electron chi connectivity index (χ4n) is 3.15. The summed E-state index contributed by atoms with van der Waals surface area (Å²) in [4.78, 5) is 38.5. The first-order valence-electron chi connectivity index (χ1n) is 9.43. The summed E-state index contributed by atoms with van der Waals surface area (Å²) < 4.78 is 5.75. The van der Waals surface area contributed by atoms with Crippen molar-refractivity contribution in [2.45, 2.75) is 13.3 Å². The maximum absolute atomic E-state index is 13.0. The van der Waals surface area contributed by atoms with Crippen LogP contribution in [0.5, 0.6) is 0 Å². The van der Waals surface area contributed by atoms with E-state index in [0.29, 0.717) is 27.1 Å². The predicted molar refractivity (Wildman–Crippen MR) is 119 cm³/mol. The van der Waals surface area contributed by atoms with Gasteiger partial charge in [-0.2, -0.15) is 0 Å². The van der Waals surface area contributed by atoms with E-state index in [9.17, 15) is 14.4 Å². The molecule has 0 aliphatic carbocycles. The minimum absolute atomic E-state index is 0.214. The van der Waals surface area contributed by atoms with Gasteiger partial charge < -0.3 is 4.42 Å². The lowest BCUT2D eigenvalue weighted by molar-refractivity contribution is -0.122. The first-order valence-corrected chi connectivity index (χ1v) is 10.2. The first-order chi connectivity index (χ1) is 14.9. The van der Waals surface area contributed by atoms with E-state index in [1.54, 1.807) is 42.5 Å². The Morgan fingerprint density at radius 2 is 1.71 bits per heavy atom. The minimum Gasteiger partial charge on any atom is -0.457 e. The van der Waals surface area contributed by atoms with Gasteiger partial charge in [0.25, 0.3) is 11.8 Å². The number of amides is 4. The lowest BCUT2D eigenvalue weighted by Gasteiger charge is -2.26. The molecule has 31 heavy (non-hydrogen) atoms. The van der Waals surface area contributed by atoms with Gasteiger partial charge in [0, 0.05) is 5.56 Å². The molecule has 0 bridgehead atoms. The van der Waals surface area contributed by atoms with Crippen molar-refractivity contribution >= 4 is 52.8 Å². The quantitative estimate of drug-likeness (QED) is 0.417. The molecule has 1 aliphatic rings. The predicted octanol–water partition coefficient (Wildman–Crippen LogP) is 5.48. The van der Waals surface area contributed by atoms with Crippen LogP contribution >= 0.6 is 23.2 Å². The third-order valence-corrected chi connectivity index (χ3v) is 5.56. The minimum atomic E-state index is -0.799. The Balaban J connectivity index is 1.65. The molecular formula is C23H16Cl2N2O4. The molecule has 1 saturated heterocycles. The van der Waals surface area contributed by atoms with Gasteiger partial charge >= 0.3 is 6.03 Å². The monoisotopic (exact) mass is 454 g/mol. The van der Waals surface area contributed by atoms with Crippen LogP contribution in [0.3, 0.4) is 0 Å². The van der Waals surface area contributed by atoms with Crippen LogP contribution in [0.1, 0.15) is 18.2 Å². The maximum atomic E-state index is 13.0. The molecule has 0 atom stereocenters. The van der Waals surface area contributed by atoms with Gasteiger partial charge in [0.2, 0.25) is 0 Å². The van der Waals surface area contributed by atoms with E-state index in [0.717, 1.165) is 16.9 Å². The topological polar surface area (TPSA) is 79.6 Å². The largest absolute Gasteiger partial charge is 0.457 e. The molecule has 2 aromatic carbocycles. The number of aryl methyl sites for hydroxylation is 1. The van der Waals surface area contributed by atoms with Crippen molar-refractivity contribution in [2.24, 2.45) is 0 Å². The van der Waals surface area contributed by atoms with E-state index < -0.39 is 17.8 Å². The number of nitrogens with one attached hydrogen (secondary N) is 1. The van der Waals surface area contributed by atoms with E-state index in [1.807, 2.05) is 19.1 Å². The Kier molecular flexibility index (Phi) is 5.67. The fraction of sp³-hybridized carbons (Fsp3) is 0.0870. The van der Waals surface area contributed by atoms with Crippen LogP contribution in [-0.4, -0.2) is 17.8 Å². The molecule has 1 N–H and O–H groups in total. The third-order valence-electron chi connectivity index (χ3n) is 4.82. The highest BCUT2D eigenvalue weighted by Crippen LogP contribution is 2.30. The summed E-state index contributed by atoms with van der Waals surface area (Å²) in [5, 5.41) is 2.99. The Morgan fingerprint density at radius 3 is 2.39 bits per heavy atom. The summed E-state index contributed by atoms with van der Waals surface area (Å²) in [5.41, 5.74) is 1.90. The van der Waals surface area contributed by atoms with Crippen molar-refractivity contribution in [3.8, 4) is 11.3 Å². The highest BCUT2D eigenvalue weighted by Gasteiger charge is 2.37. The maximum Gasteiger partial charge on any atom is 0.335 e. The number of furan rings is 1. The Labute approximate surface area is 188 Å². The average Bonchev–Trinajstić information content (AvgIpc) is 3.22. The molecule has 4 rings (SSSR count). The molecule has 1 aromatic heterocycles. The molecule has 3 aromatic rings. The van der Waals surface area contributed by atoms with Crippen LogP contribution < -0.4 is 10.2 Å². The Morgan fingerprint density at radius 1 is 0.968 bits per heavy atom. The number of hydrogen-bond acceptors (Lipinski definition) is 4. The molecule has 0 spiro atoms. The standard InChI is InChI=1S/C23H16Cl2N2O4/c1-2-13-3-6-15(7-4-13)27-22(29)17(21(28)26-23(27)30)12-16-8-10-20(31-16)14-5-9-18(24)19(25)11-14/h3-12H,2H2,1H3,(H,26,28,30)/b17-12+. The molecular weight excluding hydrogens is 439 g/mol.